The van der Waals surface area contributed by atoms with Crippen molar-refractivity contribution in [1.29, 1.82) is 0 Å². The van der Waals surface area contributed by atoms with E-state index in [1.54, 1.807) is 4.90 Å². The second kappa shape index (κ2) is 7.07. The van der Waals surface area contributed by atoms with E-state index in [-0.39, 0.29) is 12.5 Å². The molecule has 2 saturated heterocycles. The molecular formula is C13H25N3O2. The highest BCUT2D eigenvalue weighted by Crippen LogP contribution is 2.09. The van der Waals surface area contributed by atoms with Crippen molar-refractivity contribution >= 4 is 5.91 Å². The lowest BCUT2D eigenvalue weighted by Crippen LogP contribution is -2.51. The maximum atomic E-state index is 11.3. The summed E-state index contributed by atoms with van der Waals surface area (Å²) < 4.78 is 0. The van der Waals surface area contributed by atoms with Crippen molar-refractivity contribution in [3.8, 4) is 0 Å². The Hall–Kier alpha value is -0.650. The van der Waals surface area contributed by atoms with E-state index in [0.717, 1.165) is 39.3 Å². The Morgan fingerprint density at radius 2 is 1.39 bits per heavy atom. The summed E-state index contributed by atoms with van der Waals surface area (Å²) in [7, 11) is 0. The van der Waals surface area contributed by atoms with Crippen LogP contribution >= 0.6 is 0 Å². The van der Waals surface area contributed by atoms with Crippen LogP contribution in [0.5, 0.6) is 0 Å². The Morgan fingerprint density at radius 1 is 0.833 bits per heavy atom. The van der Waals surface area contributed by atoms with E-state index in [0.29, 0.717) is 0 Å². The standard InChI is InChI=1S/C13H25N3O2/c17-12-13(18)16-10-8-15(9-11-16)7-6-14-4-2-1-3-5-14/h17H,1-12H2. The van der Waals surface area contributed by atoms with Crippen molar-refractivity contribution in [2.24, 2.45) is 0 Å². The first-order valence-electron chi connectivity index (χ1n) is 7.13. The number of aliphatic hydroxyl groups excluding tert-OH is 1. The summed E-state index contributed by atoms with van der Waals surface area (Å²) >= 11 is 0. The number of hydrogen-bond donors (Lipinski definition) is 1. The fourth-order valence-corrected chi connectivity index (χ4v) is 2.79. The quantitative estimate of drug-likeness (QED) is 0.743. The van der Waals surface area contributed by atoms with Gasteiger partial charge in [0.15, 0.2) is 0 Å². The third kappa shape index (κ3) is 3.93. The van der Waals surface area contributed by atoms with Crippen LogP contribution in [0.25, 0.3) is 0 Å². The normalized spacial score (nSPS) is 23.3. The molecule has 0 bridgehead atoms. The second-order valence-corrected chi connectivity index (χ2v) is 5.28. The van der Waals surface area contributed by atoms with Crippen molar-refractivity contribution in [2.45, 2.75) is 19.3 Å². The van der Waals surface area contributed by atoms with Gasteiger partial charge in [-0.15, -0.1) is 0 Å². The lowest BCUT2D eigenvalue weighted by molar-refractivity contribution is -0.135. The predicted molar refractivity (Wildman–Crippen MR) is 70.4 cm³/mol. The molecular weight excluding hydrogens is 230 g/mol. The molecule has 1 amide bonds. The average Bonchev–Trinajstić information content (AvgIpc) is 2.46. The maximum Gasteiger partial charge on any atom is 0.248 e. The van der Waals surface area contributed by atoms with Gasteiger partial charge in [-0.05, 0) is 25.9 Å². The number of rotatable bonds is 4. The van der Waals surface area contributed by atoms with E-state index in [2.05, 4.69) is 9.80 Å². The zero-order valence-electron chi connectivity index (χ0n) is 11.2. The summed E-state index contributed by atoms with van der Waals surface area (Å²) in [5.41, 5.74) is 0. The van der Waals surface area contributed by atoms with Crippen LogP contribution in [0.1, 0.15) is 19.3 Å². The van der Waals surface area contributed by atoms with Gasteiger partial charge in [0.05, 0.1) is 0 Å². The van der Waals surface area contributed by atoms with E-state index in [4.69, 9.17) is 5.11 Å². The number of hydrogen-bond acceptors (Lipinski definition) is 4. The highest BCUT2D eigenvalue weighted by molar-refractivity contribution is 5.77. The summed E-state index contributed by atoms with van der Waals surface area (Å²) in [4.78, 5) is 18.1. The molecule has 0 aromatic rings. The topological polar surface area (TPSA) is 47.0 Å². The van der Waals surface area contributed by atoms with Crippen molar-refractivity contribution in [2.75, 3.05) is 59.0 Å². The Morgan fingerprint density at radius 3 is 1.94 bits per heavy atom. The molecule has 5 heteroatoms. The summed E-state index contributed by atoms with van der Waals surface area (Å²) in [6, 6.07) is 0. The van der Waals surface area contributed by atoms with Crippen LogP contribution < -0.4 is 0 Å². The number of nitrogens with zero attached hydrogens (tertiary/aromatic N) is 3. The fraction of sp³-hybridized carbons (Fsp3) is 0.923. The van der Waals surface area contributed by atoms with Crippen LogP contribution in [-0.4, -0.2) is 84.7 Å². The van der Waals surface area contributed by atoms with Gasteiger partial charge < -0.3 is 14.9 Å². The highest BCUT2D eigenvalue weighted by Gasteiger charge is 2.20. The van der Waals surface area contributed by atoms with Gasteiger partial charge in [0.1, 0.15) is 6.61 Å². The minimum atomic E-state index is -0.353. The summed E-state index contributed by atoms with van der Waals surface area (Å²) in [6.07, 6.45) is 4.08. The van der Waals surface area contributed by atoms with Crippen molar-refractivity contribution < 1.29 is 9.90 Å². The van der Waals surface area contributed by atoms with E-state index in [1.807, 2.05) is 0 Å². The molecule has 0 unspecified atom stereocenters. The van der Waals surface area contributed by atoms with E-state index in [9.17, 15) is 4.79 Å². The molecule has 0 spiro atoms. The lowest BCUT2D eigenvalue weighted by atomic mass is 10.1. The van der Waals surface area contributed by atoms with Gasteiger partial charge in [-0.25, -0.2) is 0 Å². The zero-order valence-corrected chi connectivity index (χ0v) is 11.2. The molecule has 2 rings (SSSR count). The first-order valence-corrected chi connectivity index (χ1v) is 7.13. The van der Waals surface area contributed by atoms with Crippen LogP contribution in [-0.2, 0) is 4.79 Å². The molecule has 0 radical (unpaired) electrons. The number of amides is 1. The van der Waals surface area contributed by atoms with Gasteiger partial charge in [-0.2, -0.15) is 0 Å². The maximum absolute atomic E-state index is 11.3. The minimum absolute atomic E-state index is 0.134. The molecule has 2 aliphatic rings. The van der Waals surface area contributed by atoms with Crippen LogP contribution in [0, 0.1) is 0 Å². The first kappa shape index (κ1) is 13.8. The lowest BCUT2D eigenvalue weighted by Gasteiger charge is -2.36. The Bertz CT molecular complexity index is 259. The third-order valence-corrected chi connectivity index (χ3v) is 4.04. The van der Waals surface area contributed by atoms with Gasteiger partial charge in [0.2, 0.25) is 5.91 Å². The third-order valence-electron chi connectivity index (χ3n) is 4.04. The highest BCUT2D eigenvalue weighted by atomic mass is 16.3. The molecule has 2 heterocycles. The van der Waals surface area contributed by atoms with E-state index in [1.165, 1.54) is 32.4 Å². The van der Waals surface area contributed by atoms with Crippen LogP contribution in [0.15, 0.2) is 0 Å². The molecule has 1 N–H and O–H groups in total. The molecule has 5 nitrogen and oxygen atoms in total. The predicted octanol–water partition coefficient (Wildman–Crippen LogP) is -0.391. The summed E-state index contributed by atoms with van der Waals surface area (Å²) in [5.74, 6) is -0.134. The fourth-order valence-electron chi connectivity index (χ4n) is 2.79. The molecule has 0 atom stereocenters. The van der Waals surface area contributed by atoms with Crippen molar-refractivity contribution in [1.82, 2.24) is 14.7 Å². The van der Waals surface area contributed by atoms with Gasteiger partial charge in [0, 0.05) is 39.3 Å². The van der Waals surface area contributed by atoms with Gasteiger partial charge in [-0.3, -0.25) is 9.69 Å². The Balaban J connectivity index is 1.62. The molecule has 2 aliphatic heterocycles. The first-order chi connectivity index (χ1) is 8.79. The molecule has 0 aliphatic carbocycles. The molecule has 2 fully saturated rings. The Kier molecular flexibility index (Phi) is 5.41. The molecule has 0 aromatic carbocycles. The summed E-state index contributed by atoms with van der Waals surface area (Å²) in [6.45, 7) is 7.84. The SMILES string of the molecule is O=C(CO)N1CCN(CCN2CCCCC2)CC1. The molecule has 104 valence electrons. The van der Waals surface area contributed by atoms with Crippen LogP contribution in [0.3, 0.4) is 0 Å². The van der Waals surface area contributed by atoms with Crippen molar-refractivity contribution in [3.63, 3.8) is 0 Å². The summed E-state index contributed by atoms with van der Waals surface area (Å²) in [5, 5.41) is 8.81. The Labute approximate surface area is 109 Å². The monoisotopic (exact) mass is 255 g/mol. The smallest absolute Gasteiger partial charge is 0.248 e. The molecule has 0 saturated carbocycles. The molecule has 18 heavy (non-hydrogen) atoms. The van der Waals surface area contributed by atoms with Crippen LogP contribution in [0.4, 0.5) is 0 Å². The number of likely N-dealkylation sites (tertiary alicyclic amines) is 1. The number of piperazine rings is 1. The number of aliphatic hydroxyl groups is 1. The van der Waals surface area contributed by atoms with E-state index >= 15 is 0 Å². The number of piperidine rings is 1. The van der Waals surface area contributed by atoms with E-state index < -0.39 is 0 Å². The molecule has 0 aromatic heterocycles. The largest absolute Gasteiger partial charge is 0.387 e. The van der Waals surface area contributed by atoms with Gasteiger partial charge in [0.25, 0.3) is 0 Å². The van der Waals surface area contributed by atoms with Crippen molar-refractivity contribution in [3.05, 3.63) is 0 Å². The average molecular weight is 255 g/mol. The number of carbonyl (C=O) groups is 1. The minimum Gasteiger partial charge on any atom is -0.387 e. The number of carbonyl (C=O) groups excluding carboxylic acids is 1. The van der Waals surface area contributed by atoms with Gasteiger partial charge in [-0.1, -0.05) is 6.42 Å². The second-order valence-electron chi connectivity index (χ2n) is 5.28. The van der Waals surface area contributed by atoms with Crippen LogP contribution in [0.2, 0.25) is 0 Å². The van der Waals surface area contributed by atoms with Gasteiger partial charge >= 0.3 is 0 Å². The zero-order chi connectivity index (χ0) is 12.8.